The molecule has 3 aliphatic heterocycles. The van der Waals surface area contributed by atoms with Crippen molar-refractivity contribution in [1.29, 1.82) is 0 Å². The van der Waals surface area contributed by atoms with E-state index in [9.17, 15) is 23.2 Å². The average Bonchev–Trinajstić information content (AvgIpc) is 3.69. The van der Waals surface area contributed by atoms with E-state index in [4.69, 9.17) is 23.6 Å². The number of hydrogen-bond acceptors (Lipinski definition) is 12. The van der Waals surface area contributed by atoms with E-state index in [1.807, 2.05) is 12.1 Å². The normalized spacial score (nSPS) is 22.4. The number of anilines is 2. The Morgan fingerprint density at radius 2 is 1.96 bits per heavy atom. The third-order valence-corrected chi connectivity index (χ3v) is 10.5. The molecule has 1 N–H and O–H groups in total. The number of para-hydroxylation sites is 1. The number of nitrogens with zero attached hydrogens (tertiary/aromatic N) is 6. The minimum Gasteiger partial charge on any atom is -0.610 e. The molecule has 1 aromatic carbocycles. The Bertz CT molecular complexity index is 2100. The van der Waals surface area contributed by atoms with Crippen LogP contribution in [0.15, 0.2) is 64.3 Å². The van der Waals surface area contributed by atoms with Crippen molar-refractivity contribution < 1.29 is 41.9 Å². The number of halogens is 2. The third kappa shape index (κ3) is 5.55. The number of morpholine rings is 1. The highest BCUT2D eigenvalue weighted by Crippen LogP contribution is 2.42. The van der Waals surface area contributed by atoms with Crippen molar-refractivity contribution in [2.75, 3.05) is 49.0 Å². The Kier molecular flexibility index (Phi) is 8.20. The maximum atomic E-state index is 14.1. The van der Waals surface area contributed by atoms with Crippen molar-refractivity contribution in [2.24, 2.45) is 0 Å². The lowest BCUT2D eigenvalue weighted by Crippen LogP contribution is -2.68. The van der Waals surface area contributed by atoms with Crippen LogP contribution in [0.3, 0.4) is 0 Å². The Morgan fingerprint density at radius 1 is 1.14 bits per heavy atom. The highest BCUT2D eigenvalue weighted by molar-refractivity contribution is 7.90. The van der Waals surface area contributed by atoms with Crippen LogP contribution in [0.1, 0.15) is 25.6 Å². The molecule has 13 nitrogen and oxygen atoms in total. The maximum absolute atomic E-state index is 14.1. The molecular weight excluding hydrogens is 674 g/mol. The van der Waals surface area contributed by atoms with Crippen molar-refractivity contribution in [2.45, 2.75) is 48.6 Å². The number of fused-ring (bicyclic) bond motifs is 3. The number of carboxylic acids is 1. The van der Waals surface area contributed by atoms with Crippen LogP contribution in [0.25, 0.3) is 33.2 Å². The number of carboxylic acid groups (broad SMARTS) is 1. The van der Waals surface area contributed by atoms with Crippen LogP contribution in [-0.2, 0) is 25.4 Å². The first-order valence-electron chi connectivity index (χ1n) is 16.0. The summed E-state index contributed by atoms with van der Waals surface area (Å²) in [4.78, 5) is 33.4. The van der Waals surface area contributed by atoms with Crippen LogP contribution in [0.5, 0.6) is 5.88 Å². The monoisotopic (exact) mass is 706 g/mol. The van der Waals surface area contributed by atoms with Gasteiger partial charge in [0.1, 0.15) is 40.8 Å². The van der Waals surface area contributed by atoms with Crippen molar-refractivity contribution in [3.05, 3.63) is 60.7 Å². The fourth-order valence-electron chi connectivity index (χ4n) is 6.94. The predicted octanol–water partition coefficient (Wildman–Crippen LogP) is 4.61. The van der Waals surface area contributed by atoms with Crippen molar-refractivity contribution in [1.82, 2.24) is 19.9 Å². The Balaban J connectivity index is 1.17. The van der Waals surface area contributed by atoms with Crippen molar-refractivity contribution in [3.8, 4) is 17.0 Å². The summed E-state index contributed by atoms with van der Waals surface area (Å²) in [7, 11) is 0. The van der Waals surface area contributed by atoms with Gasteiger partial charge in [-0.3, -0.25) is 0 Å². The number of aromatic nitrogens is 4. The van der Waals surface area contributed by atoms with Crippen LogP contribution >= 0.6 is 0 Å². The number of benzene rings is 1. The van der Waals surface area contributed by atoms with E-state index in [0.29, 0.717) is 48.0 Å². The second-order valence-corrected chi connectivity index (χ2v) is 14.0. The van der Waals surface area contributed by atoms with E-state index in [1.165, 1.54) is 4.90 Å². The van der Waals surface area contributed by atoms with Gasteiger partial charge < -0.3 is 38.1 Å². The lowest BCUT2D eigenvalue weighted by Gasteiger charge is -2.53. The lowest BCUT2D eigenvalue weighted by atomic mass is 9.90. The minimum atomic E-state index is -3.00. The molecule has 50 heavy (non-hydrogen) atoms. The SMILES string of the molecule is C[C@@H]1N(c2cc(-c3ccnc([S+](C)[O-])c3)cnc2O[C@H]2CC(C(=O)O)N(c3nc(C(F)F)nc4c3oc3ccccc34)C2)CCOC12COC2. The quantitative estimate of drug-likeness (QED) is 0.223. The molecule has 3 saturated heterocycles. The number of hydrogen-bond donors (Lipinski definition) is 1. The summed E-state index contributed by atoms with van der Waals surface area (Å²) < 4.78 is 64.6. The van der Waals surface area contributed by atoms with E-state index in [2.05, 4.69) is 26.8 Å². The molecule has 0 amide bonds. The fourth-order valence-corrected chi connectivity index (χ4v) is 7.44. The van der Waals surface area contributed by atoms with Gasteiger partial charge in [0.15, 0.2) is 17.2 Å². The van der Waals surface area contributed by atoms with Crippen LogP contribution in [-0.4, -0.2) is 98.5 Å². The Labute approximate surface area is 287 Å². The van der Waals surface area contributed by atoms with E-state index in [-0.39, 0.29) is 41.8 Å². The van der Waals surface area contributed by atoms with Gasteiger partial charge in [-0.1, -0.05) is 12.1 Å². The van der Waals surface area contributed by atoms with Crippen LogP contribution < -0.4 is 14.5 Å². The first-order chi connectivity index (χ1) is 24.1. The van der Waals surface area contributed by atoms with Gasteiger partial charge in [-0.25, -0.2) is 33.5 Å². The van der Waals surface area contributed by atoms with E-state index >= 15 is 0 Å². The average molecular weight is 707 g/mol. The highest BCUT2D eigenvalue weighted by atomic mass is 32.2. The first kappa shape index (κ1) is 32.6. The highest BCUT2D eigenvalue weighted by Gasteiger charge is 2.50. The molecule has 3 aliphatic rings. The van der Waals surface area contributed by atoms with Gasteiger partial charge in [0.05, 0.1) is 32.4 Å². The summed E-state index contributed by atoms with van der Waals surface area (Å²) in [6.45, 7) is 3.90. The predicted molar refractivity (Wildman–Crippen MR) is 178 cm³/mol. The first-order valence-corrected chi connectivity index (χ1v) is 17.6. The molecule has 2 unspecified atom stereocenters. The molecule has 7 heterocycles. The summed E-state index contributed by atoms with van der Waals surface area (Å²) in [5, 5.41) is 11.3. The van der Waals surface area contributed by atoms with Crippen LogP contribution in [0, 0.1) is 0 Å². The molecule has 1 spiro atoms. The molecule has 5 aromatic rings. The number of carbonyl (C=O) groups is 1. The number of pyridine rings is 2. The number of aliphatic carboxylic acids is 1. The molecular formula is C34H32F2N6O7S. The largest absolute Gasteiger partial charge is 0.610 e. The third-order valence-electron chi connectivity index (χ3n) is 9.66. The Hall–Kier alpha value is -4.64. The minimum absolute atomic E-state index is 0.00184. The van der Waals surface area contributed by atoms with E-state index < -0.39 is 47.1 Å². The molecule has 0 aliphatic carbocycles. The number of rotatable bonds is 8. The smallest absolute Gasteiger partial charge is 0.326 e. The summed E-state index contributed by atoms with van der Waals surface area (Å²) >= 11 is -1.29. The maximum Gasteiger partial charge on any atom is 0.326 e. The van der Waals surface area contributed by atoms with Gasteiger partial charge in [0.2, 0.25) is 10.9 Å². The van der Waals surface area contributed by atoms with E-state index in [0.717, 1.165) is 11.1 Å². The number of alkyl halides is 2. The van der Waals surface area contributed by atoms with Gasteiger partial charge in [0, 0.05) is 53.6 Å². The van der Waals surface area contributed by atoms with Gasteiger partial charge in [0.25, 0.3) is 6.43 Å². The molecule has 4 atom stereocenters. The standard InChI is InChI=1S/C34H32F2N6O7S/c1-18-34(16-46-17-34)47-10-9-41(18)23-11-20(19-7-8-37-26(12-19)50(2)45)14-38-32(23)48-21-13-24(33(43)44)42(15-21)31-28-27(39-30(40-31)29(35)36)22-5-3-4-6-25(22)49-28/h3-8,11-12,14,18,21,24,29H,9-10,13,15-17H2,1-2H3,(H,43,44)/t18-,21-,24?,50?/m0/s1. The van der Waals surface area contributed by atoms with Crippen LogP contribution in [0.4, 0.5) is 20.3 Å². The lowest BCUT2D eigenvalue weighted by molar-refractivity contribution is -0.228. The van der Waals surface area contributed by atoms with Gasteiger partial charge >= 0.3 is 5.97 Å². The second kappa shape index (κ2) is 12.6. The topological polar surface area (TPSA) is 159 Å². The molecule has 3 fully saturated rings. The molecule has 0 bridgehead atoms. The van der Waals surface area contributed by atoms with Gasteiger partial charge in [-0.05, 0) is 36.8 Å². The molecule has 0 radical (unpaired) electrons. The number of furan rings is 1. The van der Waals surface area contributed by atoms with Crippen LogP contribution in [0.2, 0.25) is 0 Å². The molecule has 8 rings (SSSR count). The molecule has 16 heteroatoms. The molecule has 260 valence electrons. The number of ether oxygens (including phenoxy) is 3. The van der Waals surface area contributed by atoms with E-state index in [1.54, 1.807) is 49.0 Å². The van der Waals surface area contributed by atoms with Gasteiger partial charge in [-0.2, -0.15) is 0 Å². The zero-order valence-corrected chi connectivity index (χ0v) is 27.8. The summed E-state index contributed by atoms with van der Waals surface area (Å²) in [5.74, 6) is -1.67. The second-order valence-electron chi connectivity index (χ2n) is 12.6. The fraction of sp³-hybridized carbons (Fsp3) is 0.382. The summed E-state index contributed by atoms with van der Waals surface area (Å²) in [6.07, 6.45) is 1.10. The zero-order chi connectivity index (χ0) is 34.7. The molecule has 0 saturated carbocycles. The van der Waals surface area contributed by atoms with Gasteiger partial charge in [-0.15, -0.1) is 0 Å². The zero-order valence-electron chi connectivity index (χ0n) is 27.0. The summed E-state index contributed by atoms with van der Waals surface area (Å²) in [6, 6.07) is 11.1. The summed E-state index contributed by atoms with van der Waals surface area (Å²) in [5.41, 5.74) is 2.37. The van der Waals surface area contributed by atoms with Crippen molar-refractivity contribution in [3.63, 3.8) is 0 Å². The van der Waals surface area contributed by atoms with Crippen molar-refractivity contribution >= 4 is 50.7 Å². The molecule has 4 aromatic heterocycles. The Morgan fingerprint density at radius 3 is 2.70 bits per heavy atom.